The van der Waals surface area contributed by atoms with E-state index in [-0.39, 0.29) is 11.4 Å². The Bertz CT molecular complexity index is 1410. The van der Waals surface area contributed by atoms with Crippen LogP contribution in [0.1, 0.15) is 22.3 Å². The average molecular weight is 497 g/mol. The number of hydrogen-bond acceptors (Lipinski definition) is 6. The van der Waals surface area contributed by atoms with Crippen LogP contribution in [0.15, 0.2) is 88.5 Å². The van der Waals surface area contributed by atoms with Crippen molar-refractivity contribution in [2.45, 2.75) is 13.8 Å². The summed E-state index contributed by atoms with van der Waals surface area (Å²) in [6.45, 7) is 4.88. The van der Waals surface area contributed by atoms with Crippen molar-refractivity contribution in [3.8, 4) is 11.5 Å². The molecule has 36 heavy (non-hydrogen) atoms. The lowest BCUT2D eigenvalue weighted by Crippen LogP contribution is -2.35. The monoisotopic (exact) mass is 496 g/mol. The van der Waals surface area contributed by atoms with Gasteiger partial charge in [-0.05, 0) is 67.1 Å². The van der Waals surface area contributed by atoms with E-state index in [1.54, 1.807) is 6.08 Å². The molecule has 180 valence electrons. The van der Waals surface area contributed by atoms with Gasteiger partial charge in [0.15, 0.2) is 5.84 Å². The Morgan fingerprint density at radius 1 is 0.917 bits per heavy atom. The molecule has 8 heteroatoms. The summed E-state index contributed by atoms with van der Waals surface area (Å²) in [5, 5.41) is 15.6. The summed E-state index contributed by atoms with van der Waals surface area (Å²) in [4.78, 5) is 16.9. The second-order valence-electron chi connectivity index (χ2n) is 8.37. The minimum atomic E-state index is -0.451. The maximum atomic E-state index is 12.7. The summed E-state index contributed by atoms with van der Waals surface area (Å²) in [5.41, 5.74) is 4.17. The number of aliphatic imine (C=N–C) groups is 1. The number of hydrogen-bond donors (Lipinski definition) is 1. The molecule has 0 aromatic heterocycles. The number of amides is 1. The number of rotatable bonds is 7. The lowest BCUT2D eigenvalue weighted by molar-refractivity contribution is -0.114. The van der Waals surface area contributed by atoms with Crippen LogP contribution in [0.5, 0.6) is 11.5 Å². The van der Waals surface area contributed by atoms with Gasteiger partial charge in [-0.25, -0.2) is 0 Å². The van der Waals surface area contributed by atoms with Crippen LogP contribution in [0.4, 0.5) is 0 Å². The van der Waals surface area contributed by atoms with Gasteiger partial charge >= 0.3 is 0 Å². The number of hydrazone groups is 1. The van der Waals surface area contributed by atoms with E-state index < -0.39 is 5.91 Å². The van der Waals surface area contributed by atoms with Crippen LogP contribution in [0.25, 0.3) is 6.08 Å². The van der Waals surface area contributed by atoms with Gasteiger partial charge in [0.05, 0.1) is 5.57 Å². The number of carbonyl (C=O) groups is 1. The first-order valence-corrected chi connectivity index (χ1v) is 12.3. The summed E-state index contributed by atoms with van der Waals surface area (Å²) in [7, 11) is 0. The number of carbonyl (C=O) groups excluding carboxylic acids is 1. The Morgan fingerprint density at radius 2 is 1.64 bits per heavy atom. The SMILES string of the molecule is Cc1ccc(C2=NN3C(=N)/C(=C/c4ccc(OCCOc5cccc(C)c5)cc4)C(=O)N=C3S2)cc1. The zero-order chi connectivity index (χ0) is 25.1. The third-order valence-corrected chi connectivity index (χ3v) is 6.51. The first kappa shape index (κ1) is 23.6. The van der Waals surface area contributed by atoms with Crippen molar-refractivity contribution in [3.05, 3.63) is 101 Å². The van der Waals surface area contributed by atoms with E-state index in [2.05, 4.69) is 10.1 Å². The molecule has 0 bridgehead atoms. The lowest BCUT2D eigenvalue weighted by Gasteiger charge is -2.20. The number of nitrogens with zero attached hydrogens (tertiary/aromatic N) is 3. The van der Waals surface area contributed by atoms with Gasteiger partial charge in [0.2, 0.25) is 5.17 Å². The van der Waals surface area contributed by atoms with Gasteiger partial charge in [-0.15, -0.1) is 0 Å². The van der Waals surface area contributed by atoms with Crippen LogP contribution < -0.4 is 9.47 Å². The van der Waals surface area contributed by atoms with Crippen molar-refractivity contribution in [3.63, 3.8) is 0 Å². The number of amidine groups is 2. The average Bonchev–Trinajstić information content (AvgIpc) is 3.30. The number of nitrogens with one attached hydrogen (secondary N) is 1. The molecule has 2 aliphatic heterocycles. The van der Waals surface area contributed by atoms with Crippen LogP contribution in [-0.2, 0) is 4.79 Å². The van der Waals surface area contributed by atoms with E-state index >= 15 is 0 Å². The van der Waals surface area contributed by atoms with Gasteiger partial charge in [0.25, 0.3) is 5.91 Å². The topological polar surface area (TPSA) is 87.3 Å². The Hall–Kier alpha value is -4.17. The van der Waals surface area contributed by atoms with Crippen molar-refractivity contribution in [1.82, 2.24) is 5.01 Å². The maximum Gasteiger partial charge on any atom is 0.283 e. The van der Waals surface area contributed by atoms with Gasteiger partial charge in [-0.2, -0.15) is 15.1 Å². The summed E-state index contributed by atoms with van der Waals surface area (Å²) >= 11 is 1.29. The fraction of sp³-hybridized carbons (Fsp3) is 0.143. The molecule has 0 unspecified atom stereocenters. The van der Waals surface area contributed by atoms with E-state index in [1.807, 2.05) is 86.6 Å². The minimum Gasteiger partial charge on any atom is -0.490 e. The molecule has 0 radical (unpaired) electrons. The van der Waals surface area contributed by atoms with E-state index in [4.69, 9.17) is 14.9 Å². The molecule has 0 fully saturated rings. The zero-order valence-electron chi connectivity index (χ0n) is 19.9. The van der Waals surface area contributed by atoms with Gasteiger partial charge in [0.1, 0.15) is 29.8 Å². The van der Waals surface area contributed by atoms with Crippen LogP contribution >= 0.6 is 11.8 Å². The van der Waals surface area contributed by atoms with Crippen LogP contribution in [0.2, 0.25) is 0 Å². The molecule has 3 aromatic carbocycles. The van der Waals surface area contributed by atoms with Crippen molar-refractivity contribution < 1.29 is 14.3 Å². The number of aryl methyl sites for hydroxylation is 2. The van der Waals surface area contributed by atoms with E-state index in [9.17, 15) is 4.79 Å². The smallest absolute Gasteiger partial charge is 0.283 e. The molecule has 0 saturated heterocycles. The highest BCUT2D eigenvalue weighted by molar-refractivity contribution is 8.27. The van der Waals surface area contributed by atoms with E-state index in [1.165, 1.54) is 16.8 Å². The highest BCUT2D eigenvalue weighted by Gasteiger charge is 2.36. The van der Waals surface area contributed by atoms with Gasteiger partial charge in [0, 0.05) is 5.56 Å². The molecule has 0 spiro atoms. The molecule has 1 N–H and O–H groups in total. The molecule has 0 atom stereocenters. The molecule has 0 aliphatic carbocycles. The maximum absolute atomic E-state index is 12.7. The van der Waals surface area contributed by atoms with Crippen LogP contribution in [0, 0.1) is 19.3 Å². The van der Waals surface area contributed by atoms with Gasteiger partial charge in [-0.1, -0.05) is 54.1 Å². The Morgan fingerprint density at radius 3 is 2.36 bits per heavy atom. The van der Waals surface area contributed by atoms with Gasteiger partial charge < -0.3 is 9.47 Å². The zero-order valence-corrected chi connectivity index (χ0v) is 20.7. The lowest BCUT2D eigenvalue weighted by atomic mass is 10.1. The first-order chi connectivity index (χ1) is 17.5. The summed E-state index contributed by atoms with van der Waals surface area (Å²) in [6.07, 6.45) is 1.65. The van der Waals surface area contributed by atoms with Crippen LogP contribution in [-0.4, -0.2) is 40.2 Å². The standard InChI is InChI=1S/C28H24N4O3S/c1-18-6-10-21(11-7-18)27-31-32-25(29)24(26(33)30-28(32)36-27)17-20-8-12-22(13-9-20)34-14-15-35-23-5-3-4-19(2)16-23/h3-13,16-17,29H,14-15H2,1-2H3/b24-17-,29-25?. The number of ether oxygens (including phenoxy) is 2. The fourth-order valence-electron chi connectivity index (χ4n) is 3.66. The molecule has 2 aliphatic rings. The predicted octanol–water partition coefficient (Wildman–Crippen LogP) is 5.43. The van der Waals surface area contributed by atoms with Crippen molar-refractivity contribution in [2.24, 2.45) is 10.1 Å². The second kappa shape index (κ2) is 10.2. The number of benzene rings is 3. The summed E-state index contributed by atoms with van der Waals surface area (Å²) < 4.78 is 11.5. The fourth-order valence-corrected chi connectivity index (χ4v) is 4.55. The summed E-state index contributed by atoms with van der Waals surface area (Å²) in [5.74, 6) is 1.07. The van der Waals surface area contributed by atoms with Crippen molar-refractivity contribution in [1.29, 1.82) is 5.41 Å². The molecular weight excluding hydrogens is 472 g/mol. The third-order valence-electron chi connectivity index (χ3n) is 5.55. The Balaban J connectivity index is 1.22. The second-order valence-corrected chi connectivity index (χ2v) is 9.33. The highest BCUT2D eigenvalue weighted by Crippen LogP contribution is 2.31. The van der Waals surface area contributed by atoms with Crippen molar-refractivity contribution >= 4 is 39.8 Å². The Kier molecular flexibility index (Phi) is 6.69. The third kappa shape index (κ3) is 5.23. The van der Waals surface area contributed by atoms with Crippen molar-refractivity contribution in [2.75, 3.05) is 13.2 Å². The molecule has 3 aromatic rings. The Labute approximate surface area is 213 Å². The minimum absolute atomic E-state index is 0.00763. The largest absolute Gasteiger partial charge is 0.490 e. The number of thioether (sulfide) groups is 1. The molecule has 7 nitrogen and oxygen atoms in total. The van der Waals surface area contributed by atoms with Crippen LogP contribution in [0.3, 0.4) is 0 Å². The molecular formula is C28H24N4O3S. The first-order valence-electron chi connectivity index (χ1n) is 11.5. The quantitative estimate of drug-likeness (QED) is 0.348. The normalized spacial score (nSPS) is 16.1. The van der Waals surface area contributed by atoms with E-state index in [0.29, 0.717) is 29.2 Å². The molecule has 5 rings (SSSR count). The highest BCUT2D eigenvalue weighted by atomic mass is 32.2. The van der Waals surface area contributed by atoms with Gasteiger partial charge in [-0.3, -0.25) is 10.2 Å². The summed E-state index contributed by atoms with van der Waals surface area (Å²) in [6, 6.07) is 23.2. The number of fused-ring (bicyclic) bond motifs is 1. The predicted molar refractivity (Wildman–Crippen MR) is 144 cm³/mol. The van der Waals surface area contributed by atoms with E-state index in [0.717, 1.165) is 28.0 Å². The molecule has 0 saturated carbocycles. The molecule has 2 heterocycles. The molecule has 1 amide bonds.